The number of hydrogen-bond donors (Lipinski definition) is 1. The Bertz CT molecular complexity index is 632. The highest BCUT2D eigenvalue weighted by Gasteiger charge is 2.05. The normalized spacial score (nSPS) is 10.8. The molecule has 20 heavy (non-hydrogen) atoms. The first-order valence-corrected chi connectivity index (χ1v) is 6.79. The van der Waals surface area contributed by atoms with Crippen LogP contribution in [0.25, 0.3) is 0 Å². The molecular weight excluding hydrogens is 252 g/mol. The monoisotopic (exact) mass is 272 g/mol. The number of rotatable bonds is 5. The third-order valence-electron chi connectivity index (χ3n) is 2.97. The second-order valence-electron chi connectivity index (χ2n) is 5.31. The van der Waals surface area contributed by atoms with Gasteiger partial charge in [-0.15, -0.1) is 0 Å². The number of hydrogen-bond acceptors (Lipinski definition) is 3. The van der Waals surface area contributed by atoms with Crippen molar-refractivity contribution in [3.8, 4) is 5.75 Å². The van der Waals surface area contributed by atoms with Crippen molar-refractivity contribution in [1.29, 1.82) is 0 Å². The minimum atomic E-state index is -0.0893. The lowest BCUT2D eigenvalue weighted by Crippen LogP contribution is -2.14. The molecular formula is C16H20N2O2. The van der Waals surface area contributed by atoms with Gasteiger partial charge >= 0.3 is 0 Å². The molecule has 106 valence electrons. The molecule has 1 aromatic carbocycles. The molecule has 0 amide bonds. The number of nitrogens with zero attached hydrogens (tertiary/aromatic N) is 1. The zero-order valence-electron chi connectivity index (χ0n) is 12.1. The first-order valence-electron chi connectivity index (χ1n) is 6.79. The fourth-order valence-electron chi connectivity index (χ4n) is 2.15. The molecule has 0 saturated heterocycles. The summed E-state index contributed by atoms with van der Waals surface area (Å²) in [6.07, 6.45) is 1.41. The summed E-state index contributed by atoms with van der Waals surface area (Å²) in [6, 6.07) is 9.36. The van der Waals surface area contributed by atoms with Gasteiger partial charge in [-0.3, -0.25) is 4.79 Å². The Kier molecular flexibility index (Phi) is 4.56. The number of benzene rings is 1. The van der Waals surface area contributed by atoms with Crippen molar-refractivity contribution in [3.63, 3.8) is 0 Å². The molecule has 0 unspecified atom stereocenters. The van der Waals surface area contributed by atoms with Gasteiger partial charge in [0.2, 0.25) is 0 Å². The Morgan fingerprint density at radius 1 is 1.30 bits per heavy atom. The molecule has 4 nitrogen and oxygen atoms in total. The molecule has 4 heteroatoms. The van der Waals surface area contributed by atoms with Crippen molar-refractivity contribution in [1.82, 2.24) is 9.97 Å². The maximum absolute atomic E-state index is 11.7. The van der Waals surface area contributed by atoms with Crippen LogP contribution in [0.15, 0.2) is 35.1 Å². The SMILES string of the molecule is COc1cccc(Cc2nc(CC(C)C)cc(=O)[nH]2)c1. The zero-order chi connectivity index (χ0) is 14.5. The molecule has 1 N–H and O–H groups in total. The lowest BCUT2D eigenvalue weighted by molar-refractivity contribution is 0.414. The standard InChI is InChI=1S/C16H20N2O2/c1-11(2)7-13-10-16(19)18-15(17-13)9-12-5-4-6-14(8-12)20-3/h4-6,8,10-11H,7,9H2,1-3H3,(H,17,18,19). The molecule has 0 fully saturated rings. The summed E-state index contributed by atoms with van der Waals surface area (Å²) in [4.78, 5) is 19.0. The van der Waals surface area contributed by atoms with Gasteiger partial charge in [-0.25, -0.2) is 4.98 Å². The summed E-state index contributed by atoms with van der Waals surface area (Å²) in [5.41, 5.74) is 1.82. The van der Waals surface area contributed by atoms with E-state index in [1.54, 1.807) is 13.2 Å². The van der Waals surface area contributed by atoms with Crippen molar-refractivity contribution in [2.24, 2.45) is 5.92 Å². The van der Waals surface area contributed by atoms with Crippen molar-refractivity contribution in [3.05, 3.63) is 57.8 Å². The molecule has 2 aromatic rings. The minimum Gasteiger partial charge on any atom is -0.497 e. The maximum Gasteiger partial charge on any atom is 0.251 e. The third-order valence-corrected chi connectivity index (χ3v) is 2.97. The predicted molar refractivity (Wildman–Crippen MR) is 79.2 cm³/mol. The topological polar surface area (TPSA) is 55.0 Å². The van der Waals surface area contributed by atoms with E-state index < -0.39 is 0 Å². The summed E-state index contributed by atoms with van der Waals surface area (Å²) in [6.45, 7) is 4.23. The molecule has 0 spiro atoms. The molecule has 0 bridgehead atoms. The Morgan fingerprint density at radius 3 is 2.80 bits per heavy atom. The molecule has 0 aliphatic heterocycles. The largest absolute Gasteiger partial charge is 0.497 e. The van der Waals surface area contributed by atoms with Gasteiger partial charge in [0.05, 0.1) is 7.11 Å². The van der Waals surface area contributed by atoms with E-state index in [4.69, 9.17) is 4.74 Å². The number of nitrogens with one attached hydrogen (secondary N) is 1. The number of aromatic nitrogens is 2. The fourth-order valence-corrected chi connectivity index (χ4v) is 2.15. The number of H-pyrrole nitrogens is 1. The van der Waals surface area contributed by atoms with Crippen LogP contribution in [0.5, 0.6) is 5.75 Å². The average molecular weight is 272 g/mol. The molecule has 0 saturated carbocycles. The molecule has 0 radical (unpaired) electrons. The van der Waals surface area contributed by atoms with Crippen LogP contribution in [0, 0.1) is 5.92 Å². The van der Waals surface area contributed by atoms with E-state index in [9.17, 15) is 4.79 Å². The van der Waals surface area contributed by atoms with Gasteiger partial charge in [-0.05, 0) is 30.0 Å². The van der Waals surface area contributed by atoms with Gasteiger partial charge < -0.3 is 9.72 Å². The summed E-state index contributed by atoms with van der Waals surface area (Å²) in [7, 11) is 1.64. The first-order chi connectivity index (χ1) is 9.56. The molecule has 0 atom stereocenters. The Morgan fingerprint density at radius 2 is 2.10 bits per heavy atom. The summed E-state index contributed by atoms with van der Waals surface area (Å²) in [5, 5.41) is 0. The average Bonchev–Trinajstić information content (AvgIpc) is 2.37. The van der Waals surface area contributed by atoms with Crippen molar-refractivity contribution in [2.45, 2.75) is 26.7 Å². The van der Waals surface area contributed by atoms with E-state index in [-0.39, 0.29) is 5.56 Å². The smallest absolute Gasteiger partial charge is 0.251 e. The van der Waals surface area contributed by atoms with Crippen molar-refractivity contribution >= 4 is 0 Å². The van der Waals surface area contributed by atoms with Crippen LogP contribution < -0.4 is 10.3 Å². The third kappa shape index (κ3) is 3.95. The second kappa shape index (κ2) is 6.37. The predicted octanol–water partition coefficient (Wildman–Crippen LogP) is 2.57. The second-order valence-corrected chi connectivity index (χ2v) is 5.31. The summed E-state index contributed by atoms with van der Waals surface area (Å²) >= 11 is 0. The van der Waals surface area contributed by atoms with Crippen LogP contribution >= 0.6 is 0 Å². The summed E-state index contributed by atoms with van der Waals surface area (Å²) < 4.78 is 5.20. The Hall–Kier alpha value is -2.10. The van der Waals surface area contributed by atoms with E-state index in [0.29, 0.717) is 18.2 Å². The van der Waals surface area contributed by atoms with Gasteiger partial charge in [0.15, 0.2) is 0 Å². The highest BCUT2D eigenvalue weighted by Crippen LogP contribution is 2.14. The van der Waals surface area contributed by atoms with Gasteiger partial charge in [0.25, 0.3) is 5.56 Å². The fraction of sp³-hybridized carbons (Fsp3) is 0.375. The van der Waals surface area contributed by atoms with E-state index in [0.717, 1.165) is 23.4 Å². The van der Waals surface area contributed by atoms with E-state index >= 15 is 0 Å². The van der Waals surface area contributed by atoms with Crippen LogP contribution in [0.1, 0.15) is 30.9 Å². The Labute approximate surface area is 118 Å². The molecule has 2 rings (SSSR count). The van der Waals surface area contributed by atoms with Gasteiger partial charge in [-0.1, -0.05) is 26.0 Å². The molecule has 1 aromatic heterocycles. The highest BCUT2D eigenvalue weighted by molar-refractivity contribution is 5.30. The van der Waals surface area contributed by atoms with Crippen LogP contribution in [-0.4, -0.2) is 17.1 Å². The lowest BCUT2D eigenvalue weighted by atomic mass is 10.1. The quantitative estimate of drug-likeness (QED) is 0.910. The van der Waals surface area contributed by atoms with Crippen LogP contribution in [0.3, 0.4) is 0 Å². The Balaban J connectivity index is 2.24. The van der Waals surface area contributed by atoms with Gasteiger partial charge in [0, 0.05) is 18.2 Å². The minimum absolute atomic E-state index is 0.0893. The van der Waals surface area contributed by atoms with Crippen molar-refractivity contribution < 1.29 is 4.74 Å². The van der Waals surface area contributed by atoms with E-state index in [1.165, 1.54) is 0 Å². The van der Waals surface area contributed by atoms with Crippen molar-refractivity contribution in [2.75, 3.05) is 7.11 Å². The van der Waals surface area contributed by atoms with Crippen LogP contribution in [0.4, 0.5) is 0 Å². The summed E-state index contributed by atoms with van der Waals surface area (Å²) in [5.74, 6) is 1.98. The molecule has 0 aliphatic carbocycles. The first kappa shape index (κ1) is 14.3. The zero-order valence-corrected chi connectivity index (χ0v) is 12.1. The number of aromatic amines is 1. The van der Waals surface area contributed by atoms with Crippen LogP contribution in [0.2, 0.25) is 0 Å². The molecule has 0 aliphatic rings. The lowest BCUT2D eigenvalue weighted by Gasteiger charge is -2.07. The van der Waals surface area contributed by atoms with E-state index in [2.05, 4.69) is 23.8 Å². The maximum atomic E-state index is 11.7. The number of methoxy groups -OCH3 is 1. The molecule has 1 heterocycles. The van der Waals surface area contributed by atoms with Gasteiger partial charge in [0.1, 0.15) is 11.6 Å². The van der Waals surface area contributed by atoms with Crippen LogP contribution in [-0.2, 0) is 12.8 Å². The van der Waals surface area contributed by atoms with Gasteiger partial charge in [-0.2, -0.15) is 0 Å². The van der Waals surface area contributed by atoms with E-state index in [1.807, 2.05) is 24.3 Å². The highest BCUT2D eigenvalue weighted by atomic mass is 16.5. The number of ether oxygens (including phenoxy) is 1.